The fourth-order valence-electron chi connectivity index (χ4n) is 1.88. The minimum atomic E-state index is -1.13. The van der Waals surface area contributed by atoms with Crippen LogP contribution in [0.2, 0.25) is 0 Å². The highest BCUT2D eigenvalue weighted by molar-refractivity contribution is 5.82. The second-order valence-corrected chi connectivity index (χ2v) is 4.75. The first-order valence-electron chi connectivity index (χ1n) is 6.71. The number of aromatic nitrogens is 2. The van der Waals surface area contributed by atoms with Gasteiger partial charge in [0.15, 0.2) is 6.04 Å². The van der Waals surface area contributed by atoms with E-state index in [1.807, 2.05) is 24.6 Å². The molecule has 2 amide bonds. The number of nitrogens with one attached hydrogen (secondary N) is 2. The number of aryl methyl sites for hydroxylation is 3. The molecule has 0 spiro atoms. The molecule has 0 aliphatic rings. The van der Waals surface area contributed by atoms with Crippen LogP contribution in [0.25, 0.3) is 0 Å². The minimum absolute atomic E-state index is 0.0749. The second-order valence-electron chi connectivity index (χ2n) is 4.75. The van der Waals surface area contributed by atoms with Gasteiger partial charge in [0, 0.05) is 25.9 Å². The van der Waals surface area contributed by atoms with Crippen molar-refractivity contribution in [1.82, 2.24) is 20.4 Å². The Labute approximate surface area is 123 Å². The summed E-state index contributed by atoms with van der Waals surface area (Å²) in [5.74, 6) is -1.13. The maximum atomic E-state index is 11.6. The number of carbonyl (C=O) groups is 2. The maximum Gasteiger partial charge on any atom is 0.328 e. The Hall–Kier alpha value is -2.09. The van der Waals surface area contributed by atoms with E-state index in [-0.39, 0.29) is 6.61 Å². The van der Waals surface area contributed by atoms with Gasteiger partial charge >= 0.3 is 12.0 Å². The molecule has 1 aromatic heterocycles. The third-order valence-electron chi connectivity index (χ3n) is 2.87. The van der Waals surface area contributed by atoms with E-state index >= 15 is 0 Å². The summed E-state index contributed by atoms with van der Waals surface area (Å²) in [6.45, 7) is 4.96. The van der Waals surface area contributed by atoms with Gasteiger partial charge in [-0.2, -0.15) is 5.10 Å². The number of hydrogen-bond acceptors (Lipinski definition) is 4. The quantitative estimate of drug-likeness (QED) is 0.598. The molecule has 118 valence electrons. The average molecular weight is 298 g/mol. The van der Waals surface area contributed by atoms with Crippen molar-refractivity contribution >= 4 is 12.0 Å². The Morgan fingerprint density at radius 3 is 2.71 bits per heavy atom. The predicted octanol–water partition coefficient (Wildman–Crippen LogP) is 0.289. The van der Waals surface area contributed by atoms with Gasteiger partial charge in [0.25, 0.3) is 0 Å². The van der Waals surface area contributed by atoms with Gasteiger partial charge < -0.3 is 20.5 Å². The number of nitrogens with zero attached hydrogens (tertiary/aromatic N) is 2. The third-order valence-corrected chi connectivity index (χ3v) is 2.87. The van der Waals surface area contributed by atoms with Crippen molar-refractivity contribution in [2.75, 3.05) is 20.3 Å². The normalized spacial score (nSPS) is 12.0. The van der Waals surface area contributed by atoms with E-state index in [2.05, 4.69) is 15.7 Å². The molecule has 1 heterocycles. The zero-order valence-electron chi connectivity index (χ0n) is 12.5. The molecule has 0 aliphatic heterocycles. The minimum Gasteiger partial charge on any atom is -0.480 e. The zero-order valence-corrected chi connectivity index (χ0v) is 12.5. The number of hydrogen-bond donors (Lipinski definition) is 3. The standard InChI is InChI=1S/C13H22N4O4/c1-9-7-10(2)17(16-9)6-4-5-14-13(20)15-11(8-21-3)12(18)19/h7,11H,4-6,8H2,1-3H3,(H,18,19)(H2,14,15,20). The number of carboxylic acid groups (broad SMARTS) is 1. The van der Waals surface area contributed by atoms with E-state index in [1.165, 1.54) is 7.11 Å². The molecule has 8 heteroatoms. The molecule has 0 aromatic carbocycles. The van der Waals surface area contributed by atoms with E-state index in [9.17, 15) is 9.59 Å². The number of ether oxygens (including phenoxy) is 1. The number of urea groups is 1. The fraction of sp³-hybridized carbons (Fsp3) is 0.615. The van der Waals surface area contributed by atoms with Crippen molar-refractivity contribution in [2.45, 2.75) is 32.9 Å². The average Bonchev–Trinajstić information content (AvgIpc) is 2.72. The molecule has 1 unspecified atom stereocenters. The van der Waals surface area contributed by atoms with Crippen LogP contribution in [0.15, 0.2) is 6.07 Å². The van der Waals surface area contributed by atoms with Crippen LogP contribution >= 0.6 is 0 Å². The molecular formula is C13H22N4O4. The van der Waals surface area contributed by atoms with Gasteiger partial charge in [-0.1, -0.05) is 0 Å². The number of methoxy groups -OCH3 is 1. The second kappa shape index (κ2) is 8.25. The van der Waals surface area contributed by atoms with Crippen LogP contribution < -0.4 is 10.6 Å². The summed E-state index contributed by atoms with van der Waals surface area (Å²) >= 11 is 0. The molecule has 1 aromatic rings. The van der Waals surface area contributed by atoms with Gasteiger partial charge in [-0.15, -0.1) is 0 Å². The van der Waals surface area contributed by atoms with E-state index in [1.54, 1.807) is 0 Å². The van der Waals surface area contributed by atoms with Crippen LogP contribution in [0.3, 0.4) is 0 Å². The zero-order chi connectivity index (χ0) is 15.8. The SMILES string of the molecule is COCC(NC(=O)NCCCn1nc(C)cc1C)C(=O)O. The van der Waals surface area contributed by atoms with E-state index in [0.29, 0.717) is 19.5 Å². The largest absolute Gasteiger partial charge is 0.480 e. The van der Waals surface area contributed by atoms with E-state index in [4.69, 9.17) is 9.84 Å². The lowest BCUT2D eigenvalue weighted by Gasteiger charge is -2.14. The highest BCUT2D eigenvalue weighted by Gasteiger charge is 2.19. The van der Waals surface area contributed by atoms with Crippen molar-refractivity contribution in [2.24, 2.45) is 0 Å². The van der Waals surface area contributed by atoms with Crippen LogP contribution in [0.1, 0.15) is 17.8 Å². The van der Waals surface area contributed by atoms with Crippen LogP contribution in [0.4, 0.5) is 4.79 Å². The van der Waals surface area contributed by atoms with Gasteiger partial charge in [0.2, 0.25) is 0 Å². The van der Waals surface area contributed by atoms with E-state index in [0.717, 1.165) is 11.4 Å². The lowest BCUT2D eigenvalue weighted by atomic mass is 10.3. The molecule has 0 fully saturated rings. The number of carboxylic acids is 1. The maximum absolute atomic E-state index is 11.6. The Morgan fingerprint density at radius 2 is 2.19 bits per heavy atom. The van der Waals surface area contributed by atoms with E-state index < -0.39 is 18.0 Å². The summed E-state index contributed by atoms with van der Waals surface area (Å²) < 4.78 is 6.61. The highest BCUT2D eigenvalue weighted by Crippen LogP contribution is 2.02. The molecule has 0 bridgehead atoms. The van der Waals surface area contributed by atoms with Gasteiger partial charge in [-0.3, -0.25) is 4.68 Å². The first-order chi connectivity index (χ1) is 9.93. The van der Waals surface area contributed by atoms with Gasteiger partial charge in [-0.05, 0) is 26.3 Å². The van der Waals surface area contributed by atoms with Crippen LogP contribution in [-0.2, 0) is 16.1 Å². The topological polar surface area (TPSA) is 105 Å². The monoisotopic (exact) mass is 298 g/mol. The molecule has 0 radical (unpaired) electrons. The molecule has 0 saturated heterocycles. The first kappa shape index (κ1) is 17.0. The Morgan fingerprint density at radius 1 is 1.48 bits per heavy atom. The van der Waals surface area contributed by atoms with Crippen molar-refractivity contribution in [1.29, 1.82) is 0 Å². The number of rotatable bonds is 8. The summed E-state index contributed by atoms with van der Waals surface area (Å²) in [4.78, 5) is 22.4. The molecule has 1 rings (SSSR count). The predicted molar refractivity (Wildman–Crippen MR) is 76.2 cm³/mol. The lowest BCUT2D eigenvalue weighted by molar-refractivity contribution is -0.140. The molecule has 3 N–H and O–H groups in total. The molecule has 8 nitrogen and oxygen atoms in total. The summed E-state index contributed by atoms with van der Waals surface area (Å²) in [7, 11) is 1.38. The Bertz CT molecular complexity index is 487. The summed E-state index contributed by atoms with van der Waals surface area (Å²) in [5, 5.41) is 18.1. The Balaban J connectivity index is 2.27. The number of amides is 2. The van der Waals surface area contributed by atoms with Crippen LogP contribution in [0.5, 0.6) is 0 Å². The van der Waals surface area contributed by atoms with Gasteiger partial charge in [-0.25, -0.2) is 9.59 Å². The molecule has 1 atom stereocenters. The smallest absolute Gasteiger partial charge is 0.328 e. The van der Waals surface area contributed by atoms with Gasteiger partial charge in [0.05, 0.1) is 12.3 Å². The van der Waals surface area contributed by atoms with Crippen molar-refractivity contribution in [3.8, 4) is 0 Å². The van der Waals surface area contributed by atoms with Crippen LogP contribution in [0, 0.1) is 13.8 Å². The number of carbonyl (C=O) groups excluding carboxylic acids is 1. The Kier molecular flexibility index (Phi) is 6.67. The summed E-state index contributed by atoms with van der Waals surface area (Å²) in [6.07, 6.45) is 0.706. The summed E-state index contributed by atoms with van der Waals surface area (Å²) in [5.41, 5.74) is 2.03. The molecule has 0 saturated carbocycles. The lowest BCUT2D eigenvalue weighted by Crippen LogP contribution is -2.48. The summed E-state index contributed by atoms with van der Waals surface area (Å²) in [6, 6.07) is 0.418. The van der Waals surface area contributed by atoms with Crippen LogP contribution in [-0.4, -0.2) is 53.2 Å². The first-order valence-corrected chi connectivity index (χ1v) is 6.71. The highest BCUT2D eigenvalue weighted by atomic mass is 16.5. The van der Waals surface area contributed by atoms with Crippen molar-refractivity contribution in [3.05, 3.63) is 17.5 Å². The van der Waals surface area contributed by atoms with Crippen molar-refractivity contribution in [3.63, 3.8) is 0 Å². The molecule has 0 aliphatic carbocycles. The van der Waals surface area contributed by atoms with Gasteiger partial charge in [0.1, 0.15) is 0 Å². The van der Waals surface area contributed by atoms with Crippen molar-refractivity contribution < 1.29 is 19.4 Å². The fourth-order valence-corrected chi connectivity index (χ4v) is 1.88. The molecular weight excluding hydrogens is 276 g/mol. The number of aliphatic carboxylic acids is 1. The molecule has 21 heavy (non-hydrogen) atoms. The third kappa shape index (κ3) is 5.82.